The summed E-state index contributed by atoms with van der Waals surface area (Å²) in [5.41, 5.74) is 0.0370. The first-order valence-electron chi connectivity index (χ1n) is 6.05. The van der Waals surface area contributed by atoms with Crippen molar-refractivity contribution < 1.29 is 4.79 Å². The molecule has 1 saturated carbocycles. The normalized spacial score (nSPS) is 26.5. The van der Waals surface area contributed by atoms with E-state index in [0.29, 0.717) is 11.7 Å². The topological polar surface area (TPSA) is 32.3 Å². The van der Waals surface area contributed by atoms with Crippen molar-refractivity contribution in [3.63, 3.8) is 0 Å². The number of hydrogen-bond donors (Lipinski definition) is 1. The van der Waals surface area contributed by atoms with Crippen molar-refractivity contribution in [2.75, 3.05) is 33.7 Å². The summed E-state index contributed by atoms with van der Waals surface area (Å²) in [5.74, 6) is 0.891. The van der Waals surface area contributed by atoms with Crippen molar-refractivity contribution in [2.24, 2.45) is 11.3 Å². The van der Waals surface area contributed by atoms with E-state index in [-0.39, 0.29) is 5.41 Å². The third-order valence-corrected chi connectivity index (χ3v) is 3.98. The molecule has 0 aromatic rings. The molecule has 1 aliphatic carbocycles. The van der Waals surface area contributed by atoms with Crippen molar-refractivity contribution in [1.29, 1.82) is 0 Å². The molecule has 1 aliphatic heterocycles. The van der Waals surface area contributed by atoms with Gasteiger partial charge in [-0.15, -0.1) is 0 Å². The average Bonchev–Trinajstić information content (AvgIpc) is 3.00. The quantitative estimate of drug-likeness (QED) is 0.748. The second-order valence-electron chi connectivity index (χ2n) is 5.25. The van der Waals surface area contributed by atoms with Crippen molar-refractivity contribution in [3.8, 4) is 0 Å². The fraction of sp³-hybridized carbons (Fsp3) is 0.917. The Balaban J connectivity index is 1.91. The Labute approximate surface area is 92.2 Å². The zero-order valence-corrected chi connectivity index (χ0v) is 9.88. The largest absolute Gasteiger partial charge is 0.319 e. The lowest BCUT2D eigenvalue weighted by Crippen LogP contribution is -2.39. The van der Waals surface area contributed by atoms with E-state index >= 15 is 0 Å². The standard InChI is InChI=1S/C12H22N2O/c1-13-9-12(5-6-12)11(15)10-3-7-14(2)8-4-10/h10,13H,3-9H2,1-2H3. The van der Waals surface area contributed by atoms with Crippen LogP contribution in [0.25, 0.3) is 0 Å². The Morgan fingerprint density at radius 1 is 1.40 bits per heavy atom. The zero-order chi connectivity index (χ0) is 10.9. The monoisotopic (exact) mass is 210 g/mol. The first-order valence-corrected chi connectivity index (χ1v) is 6.05. The minimum absolute atomic E-state index is 0.0370. The number of carbonyl (C=O) groups excluding carboxylic acids is 1. The molecule has 2 fully saturated rings. The molecule has 0 aromatic carbocycles. The van der Waals surface area contributed by atoms with Crippen LogP contribution in [0.15, 0.2) is 0 Å². The Bertz CT molecular complexity index is 240. The van der Waals surface area contributed by atoms with Gasteiger partial charge in [-0.3, -0.25) is 4.79 Å². The van der Waals surface area contributed by atoms with Gasteiger partial charge in [-0.25, -0.2) is 0 Å². The number of likely N-dealkylation sites (tertiary alicyclic amines) is 1. The zero-order valence-electron chi connectivity index (χ0n) is 9.88. The molecule has 3 heteroatoms. The fourth-order valence-corrected chi connectivity index (χ4v) is 2.70. The number of nitrogens with one attached hydrogen (secondary N) is 1. The lowest BCUT2D eigenvalue weighted by molar-refractivity contribution is -0.129. The second kappa shape index (κ2) is 4.22. The predicted molar refractivity (Wildman–Crippen MR) is 60.8 cm³/mol. The number of ketones is 1. The molecule has 1 saturated heterocycles. The maximum absolute atomic E-state index is 12.3. The van der Waals surface area contributed by atoms with Crippen LogP contribution in [0.5, 0.6) is 0 Å². The molecule has 2 aliphatic rings. The van der Waals surface area contributed by atoms with Gasteiger partial charge in [-0.1, -0.05) is 0 Å². The van der Waals surface area contributed by atoms with Crippen LogP contribution in [0.2, 0.25) is 0 Å². The summed E-state index contributed by atoms with van der Waals surface area (Å²) in [7, 11) is 4.09. The van der Waals surface area contributed by atoms with E-state index in [1.165, 1.54) is 0 Å². The maximum Gasteiger partial charge on any atom is 0.143 e. The Hall–Kier alpha value is -0.410. The molecule has 0 amide bonds. The van der Waals surface area contributed by atoms with Gasteiger partial charge >= 0.3 is 0 Å². The maximum atomic E-state index is 12.3. The van der Waals surface area contributed by atoms with Gasteiger partial charge < -0.3 is 10.2 Å². The summed E-state index contributed by atoms with van der Waals surface area (Å²) in [6, 6.07) is 0. The Kier molecular flexibility index (Phi) is 3.12. The third-order valence-electron chi connectivity index (χ3n) is 3.98. The summed E-state index contributed by atoms with van der Waals surface area (Å²) in [6.45, 7) is 3.07. The van der Waals surface area contributed by atoms with Gasteiger partial charge in [-0.2, -0.15) is 0 Å². The average molecular weight is 210 g/mol. The van der Waals surface area contributed by atoms with Gasteiger partial charge in [-0.05, 0) is 52.9 Å². The molecule has 15 heavy (non-hydrogen) atoms. The highest BCUT2D eigenvalue weighted by atomic mass is 16.1. The summed E-state index contributed by atoms with van der Waals surface area (Å²) in [6.07, 6.45) is 4.36. The van der Waals surface area contributed by atoms with E-state index in [9.17, 15) is 4.79 Å². The lowest BCUT2D eigenvalue weighted by atomic mass is 9.84. The highest BCUT2D eigenvalue weighted by molar-refractivity contribution is 5.89. The molecule has 0 atom stereocenters. The molecule has 0 unspecified atom stereocenters. The van der Waals surface area contributed by atoms with Gasteiger partial charge in [0.25, 0.3) is 0 Å². The molecule has 0 spiro atoms. The van der Waals surface area contributed by atoms with Crippen LogP contribution in [0.4, 0.5) is 0 Å². The number of Topliss-reactive ketones (excluding diaryl/α,β-unsaturated/α-hetero) is 1. The van der Waals surface area contributed by atoms with Crippen LogP contribution in [0.3, 0.4) is 0 Å². The van der Waals surface area contributed by atoms with Gasteiger partial charge in [0.15, 0.2) is 0 Å². The number of carbonyl (C=O) groups is 1. The smallest absolute Gasteiger partial charge is 0.143 e. The van der Waals surface area contributed by atoms with Crippen molar-refractivity contribution >= 4 is 5.78 Å². The molecule has 2 rings (SSSR count). The van der Waals surface area contributed by atoms with E-state index in [1.807, 2.05) is 7.05 Å². The number of rotatable bonds is 4. The summed E-state index contributed by atoms with van der Waals surface area (Å²) in [4.78, 5) is 14.6. The predicted octanol–water partition coefficient (Wildman–Crippen LogP) is 0.897. The molecule has 1 heterocycles. The van der Waals surface area contributed by atoms with Gasteiger partial charge in [0, 0.05) is 17.9 Å². The summed E-state index contributed by atoms with van der Waals surface area (Å²) >= 11 is 0. The van der Waals surface area contributed by atoms with Crippen molar-refractivity contribution in [3.05, 3.63) is 0 Å². The van der Waals surface area contributed by atoms with Crippen LogP contribution in [-0.2, 0) is 4.79 Å². The van der Waals surface area contributed by atoms with E-state index in [1.54, 1.807) is 0 Å². The van der Waals surface area contributed by atoms with Crippen LogP contribution < -0.4 is 5.32 Å². The Morgan fingerprint density at radius 3 is 2.47 bits per heavy atom. The molecule has 0 bridgehead atoms. The first kappa shape index (κ1) is 11.1. The SMILES string of the molecule is CNCC1(C(=O)C2CCN(C)CC2)CC1. The summed E-state index contributed by atoms with van der Waals surface area (Å²) < 4.78 is 0. The van der Waals surface area contributed by atoms with Crippen LogP contribution in [-0.4, -0.2) is 44.4 Å². The number of nitrogens with zero attached hydrogens (tertiary/aromatic N) is 1. The van der Waals surface area contributed by atoms with E-state index in [2.05, 4.69) is 17.3 Å². The van der Waals surface area contributed by atoms with Crippen LogP contribution in [0, 0.1) is 11.3 Å². The Morgan fingerprint density at radius 2 is 2.00 bits per heavy atom. The molecule has 0 aromatic heterocycles. The van der Waals surface area contributed by atoms with E-state index < -0.39 is 0 Å². The highest BCUT2D eigenvalue weighted by Gasteiger charge is 2.50. The highest BCUT2D eigenvalue weighted by Crippen LogP contribution is 2.48. The van der Waals surface area contributed by atoms with Crippen LogP contribution in [0.1, 0.15) is 25.7 Å². The molecule has 0 radical (unpaired) electrons. The minimum Gasteiger partial charge on any atom is -0.319 e. The molecule has 3 nitrogen and oxygen atoms in total. The van der Waals surface area contributed by atoms with Crippen LogP contribution >= 0.6 is 0 Å². The summed E-state index contributed by atoms with van der Waals surface area (Å²) in [5, 5.41) is 3.17. The lowest BCUT2D eigenvalue weighted by Gasteiger charge is -2.30. The van der Waals surface area contributed by atoms with Gasteiger partial charge in [0.05, 0.1) is 0 Å². The van der Waals surface area contributed by atoms with Gasteiger partial charge in [0.2, 0.25) is 0 Å². The second-order valence-corrected chi connectivity index (χ2v) is 5.25. The molecular weight excluding hydrogens is 188 g/mol. The first-order chi connectivity index (χ1) is 7.18. The van der Waals surface area contributed by atoms with E-state index in [0.717, 1.165) is 45.3 Å². The third kappa shape index (κ3) is 2.23. The van der Waals surface area contributed by atoms with E-state index in [4.69, 9.17) is 0 Å². The van der Waals surface area contributed by atoms with Crippen molar-refractivity contribution in [2.45, 2.75) is 25.7 Å². The number of hydrogen-bond acceptors (Lipinski definition) is 3. The molecule has 1 N–H and O–H groups in total. The number of piperidine rings is 1. The fourth-order valence-electron chi connectivity index (χ4n) is 2.70. The van der Waals surface area contributed by atoms with Crippen molar-refractivity contribution in [1.82, 2.24) is 10.2 Å². The minimum atomic E-state index is 0.0370. The molecular formula is C12H22N2O. The molecule has 86 valence electrons. The van der Waals surface area contributed by atoms with Gasteiger partial charge in [0.1, 0.15) is 5.78 Å².